The highest BCUT2D eigenvalue weighted by Gasteiger charge is 2.30. The molecule has 80 heavy (non-hydrogen) atoms. The molecular formula is C72H78N4S4. The van der Waals surface area contributed by atoms with Crippen molar-refractivity contribution in [3.8, 4) is 33.4 Å². The molecule has 0 saturated heterocycles. The number of anilines is 8. The molecule has 8 aromatic rings. The Kier molecular flexibility index (Phi) is 17.6. The van der Waals surface area contributed by atoms with E-state index in [2.05, 4.69) is 205 Å². The van der Waals surface area contributed by atoms with Crippen molar-refractivity contribution in [1.29, 1.82) is 0 Å². The van der Waals surface area contributed by atoms with Crippen molar-refractivity contribution < 1.29 is 0 Å². The minimum atomic E-state index is 1.02. The molecule has 12 rings (SSSR count). The quantitative estimate of drug-likeness (QED) is 0.0580. The first-order chi connectivity index (χ1) is 39.5. The summed E-state index contributed by atoms with van der Waals surface area (Å²) in [5, 5.41) is 0. The van der Waals surface area contributed by atoms with Crippen LogP contribution in [-0.4, -0.2) is 26.2 Å². The Bertz CT molecular complexity index is 3250. The van der Waals surface area contributed by atoms with E-state index in [-0.39, 0.29) is 0 Å². The van der Waals surface area contributed by atoms with E-state index in [0.29, 0.717) is 0 Å². The molecule has 4 aliphatic heterocycles. The average Bonchev–Trinajstić information content (AvgIpc) is 3.51. The predicted octanol–water partition coefficient (Wildman–Crippen LogP) is 23.4. The van der Waals surface area contributed by atoms with Crippen molar-refractivity contribution in [2.75, 3.05) is 45.8 Å². The molecule has 4 aliphatic rings. The van der Waals surface area contributed by atoms with Crippen molar-refractivity contribution in [1.82, 2.24) is 0 Å². The third-order valence-electron chi connectivity index (χ3n) is 16.6. The molecule has 0 amide bonds. The molecule has 8 aromatic carbocycles. The van der Waals surface area contributed by atoms with Gasteiger partial charge in [-0.3, -0.25) is 0 Å². The lowest BCUT2D eigenvalue weighted by Crippen LogP contribution is -2.22. The number of hydrogen-bond acceptors (Lipinski definition) is 8. The van der Waals surface area contributed by atoms with Crippen LogP contribution in [0.1, 0.15) is 130 Å². The Labute approximate surface area is 495 Å². The van der Waals surface area contributed by atoms with E-state index in [1.165, 1.54) is 221 Å². The minimum Gasteiger partial charge on any atom is -0.340 e. The highest BCUT2D eigenvalue weighted by molar-refractivity contribution is 8.00. The Morgan fingerprint density at radius 1 is 0.225 bits per heavy atom. The molecule has 0 aromatic heterocycles. The van der Waals surface area contributed by atoms with Crippen LogP contribution in [0.5, 0.6) is 0 Å². The second kappa shape index (κ2) is 25.7. The van der Waals surface area contributed by atoms with Crippen LogP contribution in [0.3, 0.4) is 0 Å². The van der Waals surface area contributed by atoms with Crippen LogP contribution in [0.4, 0.5) is 45.5 Å². The number of para-hydroxylation sites is 2. The first-order valence-electron chi connectivity index (χ1n) is 30.3. The summed E-state index contributed by atoms with van der Waals surface area (Å²) in [7, 11) is 0. The lowest BCUT2D eigenvalue weighted by molar-refractivity contribution is 0.665. The van der Waals surface area contributed by atoms with E-state index in [9.17, 15) is 0 Å². The standard InChI is InChI=1S/C72H78N4S4/c1-5-9-13-21-41-73-57-25-17-19-27-65(57)77-67-45-51(29-35-59(67)73)53-31-37-61-69(47-53)79-71-49-55(33-39-63(71)75(61)43-23-15-11-7-3)56-34-40-64-72(50-56)80-70-48-54(32-38-62(70)76(64)44-24-16-12-8-4)52-30-36-60-68(46-52)78-66-28-20-18-26-58(66)74(60)42-22-14-10-6-2/h17-20,25-40,45-50H,5-16,21-24,41-44H2,1-4H3. The van der Waals surface area contributed by atoms with Gasteiger partial charge >= 0.3 is 0 Å². The second-order valence-corrected chi connectivity index (χ2v) is 26.6. The third-order valence-corrected chi connectivity index (χ3v) is 21.0. The van der Waals surface area contributed by atoms with Gasteiger partial charge in [-0.05, 0) is 156 Å². The molecule has 0 fully saturated rings. The van der Waals surface area contributed by atoms with Crippen LogP contribution < -0.4 is 19.6 Å². The number of hydrogen-bond donors (Lipinski definition) is 0. The van der Waals surface area contributed by atoms with Crippen LogP contribution in [0.15, 0.2) is 197 Å². The summed E-state index contributed by atoms with van der Waals surface area (Å²) >= 11 is 7.75. The lowest BCUT2D eigenvalue weighted by Gasteiger charge is -2.34. The molecule has 0 bridgehead atoms. The van der Waals surface area contributed by atoms with Crippen molar-refractivity contribution in [2.24, 2.45) is 0 Å². The summed E-state index contributed by atoms with van der Waals surface area (Å²) in [5.41, 5.74) is 18.4. The maximum Gasteiger partial charge on any atom is 0.0553 e. The van der Waals surface area contributed by atoms with Crippen LogP contribution in [-0.2, 0) is 0 Å². The van der Waals surface area contributed by atoms with Gasteiger partial charge in [0, 0.05) is 65.3 Å². The van der Waals surface area contributed by atoms with E-state index in [1.54, 1.807) is 0 Å². The molecule has 0 unspecified atom stereocenters. The topological polar surface area (TPSA) is 13.0 Å². The fourth-order valence-electron chi connectivity index (χ4n) is 12.3. The maximum absolute atomic E-state index is 2.62. The van der Waals surface area contributed by atoms with Crippen molar-refractivity contribution >= 4 is 92.5 Å². The van der Waals surface area contributed by atoms with Gasteiger partial charge in [0.2, 0.25) is 0 Å². The van der Waals surface area contributed by atoms with Crippen LogP contribution >= 0.6 is 47.0 Å². The van der Waals surface area contributed by atoms with Crippen LogP contribution in [0.25, 0.3) is 33.4 Å². The molecule has 0 N–H and O–H groups in total. The number of nitrogens with zero attached hydrogens (tertiary/aromatic N) is 4. The third kappa shape index (κ3) is 11.6. The van der Waals surface area contributed by atoms with E-state index in [0.717, 1.165) is 26.2 Å². The minimum absolute atomic E-state index is 1.02. The van der Waals surface area contributed by atoms with Gasteiger partial charge in [0.25, 0.3) is 0 Å². The lowest BCUT2D eigenvalue weighted by atomic mass is 10.0. The Balaban J connectivity index is 0.840. The molecule has 0 saturated carbocycles. The van der Waals surface area contributed by atoms with Gasteiger partial charge in [-0.15, -0.1) is 0 Å². The molecule has 410 valence electrons. The van der Waals surface area contributed by atoms with Gasteiger partial charge in [-0.25, -0.2) is 0 Å². The fourth-order valence-corrected chi connectivity index (χ4v) is 16.9. The highest BCUT2D eigenvalue weighted by Crippen LogP contribution is 2.55. The maximum atomic E-state index is 2.62. The highest BCUT2D eigenvalue weighted by atomic mass is 32.2. The van der Waals surface area contributed by atoms with Crippen LogP contribution in [0.2, 0.25) is 0 Å². The van der Waals surface area contributed by atoms with Crippen molar-refractivity contribution in [2.45, 2.75) is 170 Å². The van der Waals surface area contributed by atoms with Crippen molar-refractivity contribution in [3.05, 3.63) is 158 Å². The van der Waals surface area contributed by atoms with E-state index in [4.69, 9.17) is 0 Å². The summed E-state index contributed by atoms with van der Waals surface area (Å²) in [5.74, 6) is 0. The van der Waals surface area contributed by atoms with Gasteiger partial charge in [0.05, 0.1) is 45.5 Å². The van der Waals surface area contributed by atoms with Gasteiger partial charge in [0.1, 0.15) is 0 Å². The average molecular weight is 1130 g/mol. The molecule has 8 heteroatoms. The molecule has 0 radical (unpaired) electrons. The zero-order valence-corrected chi connectivity index (χ0v) is 50.8. The monoisotopic (exact) mass is 1130 g/mol. The first-order valence-corrected chi connectivity index (χ1v) is 33.6. The SMILES string of the molecule is CCCCCCN1c2ccccc2Sc2cc(-c3ccc4c(c3)Sc3cc(-c5ccc6c(c5)Sc5cc(-c7ccc8c(c7)Sc7ccccc7N8CCCCCC)ccc5N6CCCCCC)ccc3N4CCCCCC)ccc21. The number of unbranched alkanes of at least 4 members (excludes halogenated alkanes) is 12. The molecule has 4 heterocycles. The Hall–Kier alpha value is -5.64. The predicted molar refractivity (Wildman–Crippen MR) is 350 cm³/mol. The van der Waals surface area contributed by atoms with E-state index < -0.39 is 0 Å². The number of rotatable bonds is 23. The summed E-state index contributed by atoms with van der Waals surface area (Å²) in [4.78, 5) is 21.1. The summed E-state index contributed by atoms with van der Waals surface area (Å²) in [6.45, 7) is 13.4. The van der Waals surface area contributed by atoms with Crippen molar-refractivity contribution in [3.63, 3.8) is 0 Å². The molecule has 4 nitrogen and oxygen atoms in total. The summed E-state index contributed by atoms with van der Waals surface area (Å²) < 4.78 is 0. The van der Waals surface area contributed by atoms with Gasteiger partial charge in [-0.1, -0.05) is 212 Å². The molecule has 0 atom stereocenters. The Morgan fingerprint density at radius 3 is 0.675 bits per heavy atom. The first kappa shape index (κ1) is 54.9. The van der Waals surface area contributed by atoms with E-state index in [1.807, 2.05) is 47.0 Å². The largest absolute Gasteiger partial charge is 0.340 e. The summed E-state index contributed by atoms with van der Waals surface area (Å²) in [6, 6.07) is 61.4. The fraction of sp³-hybridized carbons (Fsp3) is 0.333. The van der Waals surface area contributed by atoms with E-state index >= 15 is 0 Å². The molecular weight excluding hydrogens is 1050 g/mol. The van der Waals surface area contributed by atoms with Gasteiger partial charge < -0.3 is 19.6 Å². The second-order valence-electron chi connectivity index (χ2n) is 22.3. The van der Waals surface area contributed by atoms with Gasteiger partial charge in [-0.2, -0.15) is 0 Å². The number of benzene rings is 8. The zero-order valence-electron chi connectivity index (χ0n) is 47.6. The Morgan fingerprint density at radius 2 is 0.438 bits per heavy atom. The molecule has 0 aliphatic carbocycles. The summed E-state index contributed by atoms with van der Waals surface area (Å²) in [6.07, 6.45) is 19.9. The molecule has 0 spiro atoms. The zero-order chi connectivity index (χ0) is 54.4. The van der Waals surface area contributed by atoms with Gasteiger partial charge in [0.15, 0.2) is 0 Å². The smallest absolute Gasteiger partial charge is 0.0553 e. The van der Waals surface area contributed by atoms with Crippen LogP contribution in [0, 0.1) is 0 Å². The number of fused-ring (bicyclic) bond motifs is 8. The normalized spacial score (nSPS) is 13.7.